The summed E-state index contributed by atoms with van der Waals surface area (Å²) in [5.41, 5.74) is 4.96. The summed E-state index contributed by atoms with van der Waals surface area (Å²) in [6.07, 6.45) is 3.84. The van der Waals surface area contributed by atoms with Crippen molar-refractivity contribution in [3.05, 3.63) is 0 Å². The van der Waals surface area contributed by atoms with Crippen LogP contribution >= 0.6 is 0 Å². The van der Waals surface area contributed by atoms with E-state index in [9.17, 15) is 4.79 Å². The Morgan fingerprint density at radius 2 is 2.31 bits per heavy atom. The van der Waals surface area contributed by atoms with Crippen molar-refractivity contribution in [2.75, 3.05) is 13.2 Å². The molecular weight excluding hydrogens is 170 g/mol. The molecule has 2 fully saturated rings. The van der Waals surface area contributed by atoms with Gasteiger partial charge in [-0.05, 0) is 19.3 Å². The number of carbonyl (C=O) groups is 1. The van der Waals surface area contributed by atoms with E-state index >= 15 is 0 Å². The van der Waals surface area contributed by atoms with Crippen LogP contribution in [0.1, 0.15) is 25.7 Å². The highest BCUT2D eigenvalue weighted by Gasteiger charge is 2.41. The van der Waals surface area contributed by atoms with Gasteiger partial charge in [0.15, 0.2) is 0 Å². The Morgan fingerprint density at radius 1 is 1.54 bits per heavy atom. The van der Waals surface area contributed by atoms with Crippen molar-refractivity contribution in [1.29, 1.82) is 0 Å². The highest BCUT2D eigenvalue weighted by Crippen LogP contribution is 2.25. The van der Waals surface area contributed by atoms with Crippen LogP contribution in [0.5, 0.6) is 0 Å². The molecule has 1 saturated carbocycles. The number of carbonyl (C=O) groups excluding carboxylic acids is 1. The largest absolute Gasteiger partial charge is 0.461 e. The SMILES string of the molecule is NC1(C(=O)OC2CCC2)CCOC1. The van der Waals surface area contributed by atoms with Gasteiger partial charge in [-0.15, -0.1) is 0 Å². The zero-order chi connectivity index (χ0) is 9.31. The predicted molar refractivity (Wildman–Crippen MR) is 46.1 cm³/mol. The zero-order valence-electron chi connectivity index (χ0n) is 7.62. The first-order valence-corrected chi connectivity index (χ1v) is 4.78. The second-order valence-corrected chi connectivity index (χ2v) is 3.92. The molecule has 0 radical (unpaired) electrons. The molecule has 1 unspecified atom stereocenters. The molecule has 0 spiro atoms. The summed E-state index contributed by atoms with van der Waals surface area (Å²) >= 11 is 0. The molecule has 2 rings (SSSR count). The van der Waals surface area contributed by atoms with Crippen molar-refractivity contribution >= 4 is 5.97 Å². The van der Waals surface area contributed by atoms with Crippen LogP contribution < -0.4 is 5.73 Å². The minimum absolute atomic E-state index is 0.119. The molecule has 1 atom stereocenters. The van der Waals surface area contributed by atoms with E-state index in [1.54, 1.807) is 0 Å². The van der Waals surface area contributed by atoms with Crippen molar-refractivity contribution in [3.8, 4) is 0 Å². The molecule has 1 aliphatic heterocycles. The Hall–Kier alpha value is -0.610. The normalized spacial score (nSPS) is 34.2. The number of hydrogen-bond donors (Lipinski definition) is 1. The molecule has 13 heavy (non-hydrogen) atoms. The van der Waals surface area contributed by atoms with Gasteiger partial charge in [0.05, 0.1) is 6.61 Å². The molecule has 4 nitrogen and oxygen atoms in total. The van der Waals surface area contributed by atoms with E-state index in [0.29, 0.717) is 19.6 Å². The van der Waals surface area contributed by atoms with Crippen LogP contribution in [0.3, 0.4) is 0 Å². The first kappa shape index (κ1) is 8.97. The Balaban J connectivity index is 1.87. The van der Waals surface area contributed by atoms with Crippen molar-refractivity contribution in [2.24, 2.45) is 5.73 Å². The van der Waals surface area contributed by atoms with E-state index in [1.807, 2.05) is 0 Å². The third-order valence-corrected chi connectivity index (χ3v) is 2.78. The summed E-state index contributed by atoms with van der Waals surface area (Å²) in [6, 6.07) is 0. The second-order valence-electron chi connectivity index (χ2n) is 3.92. The Kier molecular flexibility index (Phi) is 2.26. The fourth-order valence-electron chi connectivity index (χ4n) is 1.50. The fourth-order valence-corrected chi connectivity index (χ4v) is 1.50. The number of nitrogens with two attached hydrogens (primary N) is 1. The molecule has 0 bridgehead atoms. The second kappa shape index (κ2) is 3.27. The molecule has 0 amide bonds. The van der Waals surface area contributed by atoms with Gasteiger partial charge in [0, 0.05) is 13.0 Å². The van der Waals surface area contributed by atoms with Gasteiger partial charge in [0.2, 0.25) is 0 Å². The van der Waals surface area contributed by atoms with Crippen LogP contribution in [0.15, 0.2) is 0 Å². The zero-order valence-corrected chi connectivity index (χ0v) is 7.62. The number of rotatable bonds is 2. The van der Waals surface area contributed by atoms with Gasteiger partial charge in [0.25, 0.3) is 0 Å². The van der Waals surface area contributed by atoms with E-state index in [0.717, 1.165) is 19.3 Å². The molecule has 2 N–H and O–H groups in total. The molecule has 1 saturated heterocycles. The third-order valence-electron chi connectivity index (χ3n) is 2.78. The molecule has 4 heteroatoms. The maximum atomic E-state index is 11.5. The fraction of sp³-hybridized carbons (Fsp3) is 0.889. The summed E-state index contributed by atoms with van der Waals surface area (Å²) in [5, 5.41) is 0. The van der Waals surface area contributed by atoms with Crippen LogP contribution in [0.25, 0.3) is 0 Å². The molecule has 0 aromatic rings. The Morgan fingerprint density at radius 3 is 2.77 bits per heavy atom. The lowest BCUT2D eigenvalue weighted by atomic mass is 9.95. The van der Waals surface area contributed by atoms with E-state index < -0.39 is 5.54 Å². The minimum Gasteiger partial charge on any atom is -0.461 e. The molecule has 74 valence electrons. The quantitative estimate of drug-likeness (QED) is 0.624. The van der Waals surface area contributed by atoms with Crippen molar-refractivity contribution in [1.82, 2.24) is 0 Å². The molecule has 1 heterocycles. The van der Waals surface area contributed by atoms with Crippen LogP contribution in [0, 0.1) is 0 Å². The van der Waals surface area contributed by atoms with E-state index in [1.165, 1.54) is 0 Å². The smallest absolute Gasteiger partial charge is 0.328 e. The Labute approximate surface area is 77.4 Å². The van der Waals surface area contributed by atoms with E-state index in [-0.39, 0.29) is 12.1 Å². The maximum absolute atomic E-state index is 11.5. The van der Waals surface area contributed by atoms with Crippen molar-refractivity contribution < 1.29 is 14.3 Å². The van der Waals surface area contributed by atoms with E-state index in [2.05, 4.69) is 0 Å². The summed E-state index contributed by atoms with van der Waals surface area (Å²) in [5.74, 6) is -0.283. The van der Waals surface area contributed by atoms with Crippen LogP contribution in [0.2, 0.25) is 0 Å². The molecule has 2 aliphatic rings. The van der Waals surface area contributed by atoms with Gasteiger partial charge >= 0.3 is 5.97 Å². The topological polar surface area (TPSA) is 61.6 Å². The summed E-state index contributed by atoms with van der Waals surface area (Å²) < 4.78 is 10.3. The molecule has 0 aromatic carbocycles. The van der Waals surface area contributed by atoms with E-state index in [4.69, 9.17) is 15.2 Å². The number of ether oxygens (including phenoxy) is 2. The predicted octanol–water partition coefficient (Wildman–Crippen LogP) is 0.200. The highest BCUT2D eigenvalue weighted by atomic mass is 16.6. The lowest BCUT2D eigenvalue weighted by Gasteiger charge is -2.29. The van der Waals surface area contributed by atoms with Gasteiger partial charge in [-0.2, -0.15) is 0 Å². The number of esters is 1. The van der Waals surface area contributed by atoms with Gasteiger partial charge in [-0.25, -0.2) is 4.79 Å². The average molecular weight is 185 g/mol. The summed E-state index contributed by atoms with van der Waals surface area (Å²) in [6.45, 7) is 0.870. The maximum Gasteiger partial charge on any atom is 0.328 e. The van der Waals surface area contributed by atoms with Gasteiger partial charge in [-0.3, -0.25) is 0 Å². The average Bonchev–Trinajstić information content (AvgIpc) is 2.45. The first-order valence-electron chi connectivity index (χ1n) is 4.78. The highest BCUT2D eigenvalue weighted by molar-refractivity contribution is 5.81. The monoisotopic (exact) mass is 185 g/mol. The lowest BCUT2D eigenvalue weighted by Crippen LogP contribution is -2.51. The van der Waals surface area contributed by atoms with Crippen LogP contribution in [-0.4, -0.2) is 30.8 Å². The van der Waals surface area contributed by atoms with Gasteiger partial charge < -0.3 is 15.2 Å². The standard InChI is InChI=1S/C9H15NO3/c10-9(4-5-12-6-9)8(11)13-7-2-1-3-7/h7H,1-6,10H2. The summed E-state index contributed by atoms with van der Waals surface area (Å²) in [4.78, 5) is 11.5. The first-order chi connectivity index (χ1) is 6.21. The summed E-state index contributed by atoms with van der Waals surface area (Å²) in [7, 11) is 0. The Bertz CT molecular complexity index is 207. The number of hydrogen-bond acceptors (Lipinski definition) is 4. The third kappa shape index (κ3) is 1.69. The van der Waals surface area contributed by atoms with Crippen LogP contribution in [-0.2, 0) is 14.3 Å². The van der Waals surface area contributed by atoms with Crippen molar-refractivity contribution in [3.63, 3.8) is 0 Å². The lowest BCUT2D eigenvalue weighted by molar-refractivity contribution is -0.159. The molecule has 1 aliphatic carbocycles. The molecular formula is C9H15NO3. The van der Waals surface area contributed by atoms with Crippen molar-refractivity contribution in [2.45, 2.75) is 37.3 Å². The minimum atomic E-state index is -0.865. The molecule has 0 aromatic heterocycles. The van der Waals surface area contributed by atoms with Crippen LogP contribution in [0.4, 0.5) is 0 Å². The van der Waals surface area contributed by atoms with Gasteiger partial charge in [0.1, 0.15) is 11.6 Å². The van der Waals surface area contributed by atoms with Gasteiger partial charge in [-0.1, -0.05) is 0 Å².